The molecule has 3 aromatic rings. The molecule has 10 nitrogen and oxygen atoms in total. The number of anilines is 4. The van der Waals surface area contributed by atoms with E-state index in [0.717, 1.165) is 5.56 Å². The Labute approximate surface area is 219 Å². The van der Waals surface area contributed by atoms with Gasteiger partial charge in [-0.05, 0) is 57.0 Å². The first-order valence-electron chi connectivity index (χ1n) is 11.8. The summed E-state index contributed by atoms with van der Waals surface area (Å²) in [5, 5.41) is 20.4. The second-order valence-corrected chi connectivity index (χ2v) is 9.09. The first kappa shape index (κ1) is 27.9. The quantitative estimate of drug-likeness (QED) is 0.251. The molecule has 3 rings (SSSR count). The van der Waals surface area contributed by atoms with Crippen molar-refractivity contribution in [1.82, 2.24) is 10.3 Å². The molecular formula is C27H30FN5O5. The fourth-order valence-corrected chi connectivity index (χ4v) is 3.51. The summed E-state index contributed by atoms with van der Waals surface area (Å²) in [6, 6.07) is 12.0. The van der Waals surface area contributed by atoms with Crippen molar-refractivity contribution < 1.29 is 28.6 Å². The number of benzene rings is 2. The smallest absolute Gasteiger partial charge is 0.320 e. The number of ether oxygens (including phenoxy) is 1. The highest BCUT2D eigenvalue weighted by molar-refractivity contribution is 6.08. The predicted molar refractivity (Wildman–Crippen MR) is 143 cm³/mol. The molecule has 200 valence electrons. The maximum absolute atomic E-state index is 13.9. The van der Waals surface area contributed by atoms with Gasteiger partial charge in [0.25, 0.3) is 5.91 Å². The number of methoxy groups -OCH3 is 1. The number of nitrogens with one attached hydrogen (secondary N) is 4. The summed E-state index contributed by atoms with van der Waals surface area (Å²) in [7, 11) is 1.34. The largest absolute Gasteiger partial charge is 0.494 e. The van der Waals surface area contributed by atoms with Crippen LogP contribution in [0.25, 0.3) is 0 Å². The van der Waals surface area contributed by atoms with Crippen molar-refractivity contribution in [3.05, 3.63) is 71.7 Å². The molecule has 0 saturated heterocycles. The van der Waals surface area contributed by atoms with Crippen molar-refractivity contribution in [2.45, 2.75) is 27.2 Å². The molecule has 0 unspecified atom stereocenters. The maximum Gasteiger partial charge on any atom is 0.320 e. The minimum atomic E-state index is -0.927. The molecule has 38 heavy (non-hydrogen) atoms. The summed E-state index contributed by atoms with van der Waals surface area (Å²) >= 11 is 0. The zero-order chi connectivity index (χ0) is 27.9. The predicted octanol–water partition coefficient (Wildman–Crippen LogP) is 5.02. The summed E-state index contributed by atoms with van der Waals surface area (Å²) in [5.74, 6) is -1.72. The van der Waals surface area contributed by atoms with Gasteiger partial charge in [-0.1, -0.05) is 12.1 Å². The third-order valence-electron chi connectivity index (χ3n) is 5.59. The number of carboxylic acid groups (broad SMARTS) is 1. The first-order valence-corrected chi connectivity index (χ1v) is 11.8. The number of urea groups is 1. The van der Waals surface area contributed by atoms with Gasteiger partial charge < -0.3 is 25.8 Å². The summed E-state index contributed by atoms with van der Waals surface area (Å²) in [5.41, 5.74) is 1.28. The lowest BCUT2D eigenvalue weighted by Crippen LogP contribution is -2.28. The third-order valence-corrected chi connectivity index (χ3v) is 5.59. The highest BCUT2D eigenvalue weighted by Crippen LogP contribution is 2.28. The van der Waals surface area contributed by atoms with E-state index in [1.807, 2.05) is 0 Å². The minimum Gasteiger partial charge on any atom is -0.494 e. The first-order chi connectivity index (χ1) is 18.0. The van der Waals surface area contributed by atoms with Gasteiger partial charge in [-0.25, -0.2) is 14.2 Å². The summed E-state index contributed by atoms with van der Waals surface area (Å²) < 4.78 is 18.9. The Hall–Kier alpha value is -4.67. The topological polar surface area (TPSA) is 142 Å². The Morgan fingerprint density at radius 1 is 1.03 bits per heavy atom. The summed E-state index contributed by atoms with van der Waals surface area (Å²) in [4.78, 5) is 40.7. The maximum atomic E-state index is 13.9. The van der Waals surface area contributed by atoms with Crippen LogP contribution in [0, 0.1) is 11.2 Å². The van der Waals surface area contributed by atoms with E-state index >= 15 is 0 Å². The van der Waals surface area contributed by atoms with E-state index in [1.54, 1.807) is 45.0 Å². The Morgan fingerprint density at radius 3 is 2.34 bits per heavy atom. The molecule has 3 amide bonds. The van der Waals surface area contributed by atoms with Gasteiger partial charge in [-0.3, -0.25) is 14.9 Å². The Kier molecular flexibility index (Phi) is 8.85. The standard InChI is InChI=1S/C27H30FN5O5/c1-5-29-26(37)33-23-13-21(31-18-10-11-20(28)22(12-18)38-4)19(15-30-23)24(34)32-17-8-6-16(7-9-17)14-27(2,3)25(35)36/h6-13,15H,5,14H2,1-4H3,(H,32,34)(H,35,36)(H3,29,30,31,33,37). The zero-order valence-corrected chi connectivity index (χ0v) is 21.5. The number of pyridine rings is 1. The van der Waals surface area contributed by atoms with Gasteiger partial charge in [0.1, 0.15) is 5.82 Å². The highest BCUT2D eigenvalue weighted by Gasteiger charge is 2.27. The Bertz CT molecular complexity index is 1330. The molecule has 0 atom stereocenters. The van der Waals surface area contributed by atoms with E-state index < -0.39 is 29.1 Å². The molecule has 0 spiro atoms. The van der Waals surface area contributed by atoms with Gasteiger partial charge in [0, 0.05) is 36.2 Å². The van der Waals surface area contributed by atoms with Crippen molar-refractivity contribution in [1.29, 1.82) is 0 Å². The van der Waals surface area contributed by atoms with Gasteiger partial charge in [0.05, 0.1) is 23.8 Å². The molecule has 0 fully saturated rings. The van der Waals surface area contributed by atoms with Crippen LogP contribution in [-0.4, -0.2) is 41.7 Å². The molecule has 1 aromatic heterocycles. The number of amides is 3. The Morgan fingerprint density at radius 2 is 1.71 bits per heavy atom. The molecule has 0 saturated carbocycles. The highest BCUT2D eigenvalue weighted by atomic mass is 19.1. The molecule has 11 heteroatoms. The average molecular weight is 524 g/mol. The van der Waals surface area contributed by atoms with Crippen molar-refractivity contribution in [3.8, 4) is 5.75 Å². The molecule has 1 heterocycles. The van der Waals surface area contributed by atoms with Crippen LogP contribution in [-0.2, 0) is 11.2 Å². The van der Waals surface area contributed by atoms with Crippen LogP contribution in [0.5, 0.6) is 5.75 Å². The van der Waals surface area contributed by atoms with E-state index in [-0.39, 0.29) is 17.1 Å². The van der Waals surface area contributed by atoms with Gasteiger partial charge in [-0.15, -0.1) is 0 Å². The number of halogens is 1. The van der Waals surface area contributed by atoms with Gasteiger partial charge in [0.2, 0.25) is 0 Å². The van der Waals surface area contributed by atoms with Gasteiger partial charge in [0.15, 0.2) is 11.6 Å². The van der Waals surface area contributed by atoms with E-state index in [1.165, 1.54) is 37.6 Å². The van der Waals surface area contributed by atoms with Gasteiger partial charge in [-0.2, -0.15) is 0 Å². The van der Waals surface area contributed by atoms with Gasteiger partial charge >= 0.3 is 12.0 Å². The Balaban J connectivity index is 1.86. The van der Waals surface area contributed by atoms with Crippen LogP contribution in [0.1, 0.15) is 36.7 Å². The number of hydrogen-bond donors (Lipinski definition) is 5. The molecule has 0 bridgehead atoms. The molecule has 2 aromatic carbocycles. The number of nitrogens with zero attached hydrogens (tertiary/aromatic N) is 1. The summed E-state index contributed by atoms with van der Waals surface area (Å²) in [6.07, 6.45) is 1.64. The molecule has 0 radical (unpaired) electrons. The molecular weight excluding hydrogens is 493 g/mol. The van der Waals surface area contributed by atoms with Crippen LogP contribution < -0.4 is 26.0 Å². The number of carboxylic acids is 1. The van der Waals surface area contributed by atoms with Crippen molar-refractivity contribution in [2.24, 2.45) is 5.41 Å². The number of carbonyl (C=O) groups excluding carboxylic acids is 2. The lowest BCUT2D eigenvalue weighted by atomic mass is 9.86. The van der Waals surface area contributed by atoms with Crippen LogP contribution in [0.2, 0.25) is 0 Å². The van der Waals surface area contributed by atoms with E-state index in [2.05, 4.69) is 26.3 Å². The van der Waals surface area contributed by atoms with E-state index in [9.17, 15) is 23.9 Å². The van der Waals surface area contributed by atoms with Crippen molar-refractivity contribution in [3.63, 3.8) is 0 Å². The normalized spacial score (nSPS) is 10.9. The fraction of sp³-hybridized carbons (Fsp3) is 0.259. The average Bonchev–Trinajstić information content (AvgIpc) is 2.86. The number of carbonyl (C=O) groups is 3. The lowest BCUT2D eigenvalue weighted by molar-refractivity contribution is -0.146. The van der Waals surface area contributed by atoms with Crippen molar-refractivity contribution >= 4 is 40.8 Å². The molecule has 0 aliphatic heterocycles. The van der Waals surface area contributed by atoms with Crippen LogP contribution in [0.3, 0.4) is 0 Å². The number of rotatable bonds is 10. The number of aromatic nitrogens is 1. The van der Waals surface area contributed by atoms with Crippen LogP contribution >= 0.6 is 0 Å². The minimum absolute atomic E-state index is 0.0156. The monoisotopic (exact) mass is 523 g/mol. The molecule has 5 N–H and O–H groups in total. The second-order valence-electron chi connectivity index (χ2n) is 9.09. The fourth-order valence-electron chi connectivity index (χ4n) is 3.51. The number of aliphatic carboxylic acids is 1. The molecule has 0 aliphatic rings. The number of hydrogen-bond acceptors (Lipinski definition) is 6. The molecule has 0 aliphatic carbocycles. The van der Waals surface area contributed by atoms with E-state index in [4.69, 9.17) is 4.74 Å². The van der Waals surface area contributed by atoms with Crippen molar-refractivity contribution in [2.75, 3.05) is 29.6 Å². The lowest BCUT2D eigenvalue weighted by Gasteiger charge is -2.19. The zero-order valence-electron chi connectivity index (χ0n) is 21.5. The third kappa shape index (κ3) is 7.19. The summed E-state index contributed by atoms with van der Waals surface area (Å²) in [6.45, 7) is 5.48. The van der Waals surface area contributed by atoms with Crippen LogP contribution in [0.4, 0.5) is 32.1 Å². The van der Waals surface area contributed by atoms with E-state index in [0.29, 0.717) is 30.0 Å². The SMILES string of the molecule is CCNC(=O)Nc1cc(Nc2ccc(F)c(OC)c2)c(C(=O)Nc2ccc(CC(C)(C)C(=O)O)cc2)cn1. The van der Waals surface area contributed by atoms with Crippen LogP contribution in [0.15, 0.2) is 54.7 Å². The second kappa shape index (κ2) is 12.0.